The zero-order valence-electron chi connectivity index (χ0n) is 17.0. The van der Waals surface area contributed by atoms with Crippen LogP contribution in [-0.4, -0.2) is 69.6 Å². The second kappa shape index (κ2) is 15.2. The summed E-state index contributed by atoms with van der Waals surface area (Å²) >= 11 is 0. The lowest BCUT2D eigenvalue weighted by atomic mass is 10.2. The third-order valence-electron chi connectivity index (χ3n) is 3.00. The van der Waals surface area contributed by atoms with E-state index < -0.39 is 11.7 Å². The van der Waals surface area contributed by atoms with Gasteiger partial charge in [0.15, 0.2) is 0 Å². The fraction of sp³-hybridized carbons (Fsp3) is 0.833. The maximum atomic E-state index is 11.6. The summed E-state index contributed by atoms with van der Waals surface area (Å²) in [6.07, 6.45) is 1.09. The lowest BCUT2D eigenvalue weighted by Gasteiger charge is -2.19. The van der Waals surface area contributed by atoms with Crippen molar-refractivity contribution in [2.75, 3.05) is 46.1 Å². The maximum Gasteiger partial charge on any atom is 0.407 e. The number of nitrogens with one attached hydrogen (secondary N) is 3. The Morgan fingerprint density at radius 1 is 0.741 bits per heavy atom. The van der Waals surface area contributed by atoms with Crippen molar-refractivity contribution in [1.82, 2.24) is 16.0 Å². The molecule has 0 atom stereocenters. The van der Waals surface area contributed by atoms with Gasteiger partial charge in [-0.2, -0.15) is 0 Å². The zero-order valence-corrected chi connectivity index (χ0v) is 17.0. The molecule has 0 aromatic heterocycles. The molecular formula is C18H35N3O6. The molecule has 158 valence electrons. The number of rotatable bonds is 14. The summed E-state index contributed by atoms with van der Waals surface area (Å²) in [7, 11) is 0. The Morgan fingerprint density at radius 2 is 1.22 bits per heavy atom. The second-order valence-electron chi connectivity index (χ2n) is 6.85. The number of alkyl carbamates (subject to hydrolysis) is 1. The van der Waals surface area contributed by atoms with Gasteiger partial charge < -0.3 is 30.2 Å². The molecule has 0 rings (SSSR count). The van der Waals surface area contributed by atoms with Gasteiger partial charge in [0.05, 0.1) is 26.4 Å². The van der Waals surface area contributed by atoms with Gasteiger partial charge in [-0.25, -0.2) is 4.79 Å². The van der Waals surface area contributed by atoms with Crippen LogP contribution in [0.4, 0.5) is 4.79 Å². The average Bonchev–Trinajstić information content (AvgIpc) is 2.55. The summed E-state index contributed by atoms with van der Waals surface area (Å²) in [5.74, 6) is -0.106. The van der Waals surface area contributed by atoms with E-state index in [2.05, 4.69) is 16.0 Å². The summed E-state index contributed by atoms with van der Waals surface area (Å²) in [5.41, 5.74) is -0.532. The Morgan fingerprint density at radius 3 is 1.74 bits per heavy atom. The average molecular weight is 389 g/mol. The molecule has 9 heteroatoms. The van der Waals surface area contributed by atoms with Gasteiger partial charge in [-0.05, 0) is 27.2 Å². The number of amides is 3. The van der Waals surface area contributed by atoms with E-state index in [1.807, 2.05) is 6.92 Å². The molecule has 0 radical (unpaired) electrons. The van der Waals surface area contributed by atoms with Crippen molar-refractivity contribution in [1.29, 1.82) is 0 Å². The van der Waals surface area contributed by atoms with Gasteiger partial charge in [-0.3, -0.25) is 9.59 Å². The van der Waals surface area contributed by atoms with Crippen molar-refractivity contribution in [2.45, 2.75) is 52.6 Å². The van der Waals surface area contributed by atoms with Crippen molar-refractivity contribution >= 4 is 17.9 Å². The first-order valence-electron chi connectivity index (χ1n) is 9.40. The minimum absolute atomic E-state index is 0.0238. The highest BCUT2D eigenvalue weighted by molar-refractivity contribution is 5.76. The van der Waals surface area contributed by atoms with Crippen LogP contribution < -0.4 is 16.0 Å². The van der Waals surface area contributed by atoms with Crippen LogP contribution in [0.2, 0.25) is 0 Å². The van der Waals surface area contributed by atoms with Crippen molar-refractivity contribution in [3.05, 3.63) is 0 Å². The van der Waals surface area contributed by atoms with Crippen LogP contribution in [0.3, 0.4) is 0 Å². The van der Waals surface area contributed by atoms with Crippen molar-refractivity contribution in [2.24, 2.45) is 0 Å². The number of hydrogen-bond donors (Lipinski definition) is 3. The van der Waals surface area contributed by atoms with Crippen LogP contribution in [0.25, 0.3) is 0 Å². The van der Waals surface area contributed by atoms with Crippen molar-refractivity contribution < 1.29 is 28.6 Å². The number of carbonyl (C=O) groups excluding carboxylic acids is 3. The molecule has 0 spiro atoms. The molecule has 3 amide bonds. The van der Waals surface area contributed by atoms with E-state index in [1.165, 1.54) is 0 Å². The van der Waals surface area contributed by atoms with Gasteiger partial charge in [-0.1, -0.05) is 6.92 Å². The Kier molecular flexibility index (Phi) is 14.2. The molecule has 0 unspecified atom stereocenters. The Bertz CT molecular complexity index is 437. The van der Waals surface area contributed by atoms with Gasteiger partial charge in [-0.15, -0.1) is 0 Å². The SMILES string of the molecule is CCCC(=O)NCCOCCNC(=O)CCOCCNC(=O)OC(C)(C)C. The van der Waals surface area contributed by atoms with Crippen LogP contribution in [0.15, 0.2) is 0 Å². The normalized spacial score (nSPS) is 11.0. The third-order valence-corrected chi connectivity index (χ3v) is 3.00. The molecule has 0 saturated heterocycles. The molecule has 0 fully saturated rings. The standard InChI is InChI=1S/C18H35N3O6/c1-5-6-15(22)19-8-12-26-13-9-20-16(23)7-11-25-14-10-21-17(24)27-18(2,3)4/h5-14H2,1-4H3,(H,19,22)(H,20,23)(H,21,24). The van der Waals surface area contributed by atoms with Crippen LogP contribution in [-0.2, 0) is 23.8 Å². The second-order valence-corrected chi connectivity index (χ2v) is 6.85. The molecule has 0 aromatic carbocycles. The molecule has 0 aliphatic carbocycles. The summed E-state index contributed by atoms with van der Waals surface area (Å²) in [6, 6.07) is 0. The van der Waals surface area contributed by atoms with E-state index in [0.29, 0.717) is 45.9 Å². The fourth-order valence-electron chi connectivity index (χ4n) is 1.84. The maximum absolute atomic E-state index is 11.6. The minimum atomic E-state index is -0.532. The number of carbonyl (C=O) groups is 3. The van der Waals surface area contributed by atoms with E-state index in [1.54, 1.807) is 20.8 Å². The van der Waals surface area contributed by atoms with Gasteiger partial charge >= 0.3 is 6.09 Å². The Balaban J connectivity index is 3.40. The lowest BCUT2D eigenvalue weighted by Crippen LogP contribution is -2.34. The number of hydrogen-bond acceptors (Lipinski definition) is 6. The van der Waals surface area contributed by atoms with Gasteiger partial charge in [0.25, 0.3) is 0 Å². The molecule has 3 N–H and O–H groups in total. The number of ether oxygens (including phenoxy) is 3. The quantitative estimate of drug-likeness (QED) is 0.381. The predicted molar refractivity (Wildman–Crippen MR) is 101 cm³/mol. The Labute approximate surface area is 161 Å². The molecule has 9 nitrogen and oxygen atoms in total. The molecule has 0 aliphatic heterocycles. The predicted octanol–water partition coefficient (Wildman–Crippen LogP) is 0.967. The highest BCUT2D eigenvalue weighted by Gasteiger charge is 2.15. The summed E-state index contributed by atoms with van der Waals surface area (Å²) in [5, 5.41) is 8.03. The first-order chi connectivity index (χ1) is 12.7. The first kappa shape index (κ1) is 25.1. The monoisotopic (exact) mass is 389 g/mol. The summed E-state index contributed by atoms with van der Waals surface area (Å²) < 4.78 is 15.7. The topological polar surface area (TPSA) is 115 Å². The molecule has 0 aliphatic rings. The van der Waals surface area contributed by atoms with E-state index in [0.717, 1.165) is 6.42 Å². The highest BCUT2D eigenvalue weighted by atomic mass is 16.6. The van der Waals surface area contributed by atoms with Gasteiger partial charge in [0.2, 0.25) is 11.8 Å². The van der Waals surface area contributed by atoms with Crippen LogP contribution in [0.1, 0.15) is 47.0 Å². The third kappa shape index (κ3) is 18.7. The molecule has 0 aromatic rings. The summed E-state index contributed by atoms with van der Waals surface area (Å²) in [6.45, 7) is 9.89. The van der Waals surface area contributed by atoms with E-state index in [9.17, 15) is 14.4 Å². The zero-order chi connectivity index (χ0) is 20.5. The highest BCUT2D eigenvalue weighted by Crippen LogP contribution is 2.05. The van der Waals surface area contributed by atoms with Crippen LogP contribution >= 0.6 is 0 Å². The van der Waals surface area contributed by atoms with E-state index >= 15 is 0 Å². The molecule has 0 heterocycles. The largest absolute Gasteiger partial charge is 0.444 e. The fourth-order valence-corrected chi connectivity index (χ4v) is 1.84. The molecular weight excluding hydrogens is 354 g/mol. The van der Waals surface area contributed by atoms with Crippen LogP contribution in [0.5, 0.6) is 0 Å². The van der Waals surface area contributed by atoms with Gasteiger partial charge in [0, 0.05) is 32.5 Å². The van der Waals surface area contributed by atoms with Crippen LogP contribution in [0, 0.1) is 0 Å². The lowest BCUT2D eigenvalue weighted by molar-refractivity contribution is -0.122. The first-order valence-corrected chi connectivity index (χ1v) is 9.40. The molecule has 27 heavy (non-hydrogen) atoms. The van der Waals surface area contributed by atoms with E-state index in [4.69, 9.17) is 14.2 Å². The molecule has 0 saturated carbocycles. The smallest absolute Gasteiger partial charge is 0.407 e. The van der Waals surface area contributed by atoms with Crippen molar-refractivity contribution in [3.63, 3.8) is 0 Å². The summed E-state index contributed by atoms with van der Waals surface area (Å²) in [4.78, 5) is 34.2. The minimum Gasteiger partial charge on any atom is -0.444 e. The van der Waals surface area contributed by atoms with Gasteiger partial charge in [0.1, 0.15) is 5.60 Å². The van der Waals surface area contributed by atoms with Crippen molar-refractivity contribution in [3.8, 4) is 0 Å². The Hall–Kier alpha value is -1.87. The molecule has 0 bridgehead atoms. The van der Waals surface area contributed by atoms with E-state index in [-0.39, 0.29) is 24.8 Å².